The van der Waals surface area contributed by atoms with Crippen LogP contribution in [0.15, 0.2) is 130 Å². The number of pyridine rings is 2. The molecular formula is C49H38N2O3. The number of nitrogens with zero attached hydrogens (tertiary/aromatic N) is 2. The number of furan rings is 2. The highest BCUT2D eigenvalue weighted by Crippen LogP contribution is 2.56. The summed E-state index contributed by atoms with van der Waals surface area (Å²) >= 11 is 0. The lowest BCUT2D eigenvalue weighted by Crippen LogP contribution is -2.37. The van der Waals surface area contributed by atoms with Crippen LogP contribution < -0.4 is 4.74 Å². The molecule has 262 valence electrons. The number of ether oxygens (including phenoxy) is 1. The van der Waals surface area contributed by atoms with Crippen molar-refractivity contribution in [1.29, 1.82) is 0 Å². The van der Waals surface area contributed by atoms with Crippen LogP contribution in [-0.2, 0) is 16.2 Å². The molecule has 0 radical (unpaired) electrons. The van der Waals surface area contributed by atoms with Gasteiger partial charge in [0.05, 0.1) is 22.8 Å². The lowest BCUT2D eigenvalue weighted by Gasteiger charge is -2.41. The van der Waals surface area contributed by atoms with E-state index in [2.05, 4.69) is 151 Å². The van der Waals surface area contributed by atoms with Crippen LogP contribution >= 0.6 is 0 Å². The molecule has 54 heavy (non-hydrogen) atoms. The van der Waals surface area contributed by atoms with Crippen LogP contribution in [0.25, 0.3) is 66.4 Å². The summed E-state index contributed by atoms with van der Waals surface area (Å²) in [7, 11) is 0. The van der Waals surface area contributed by atoms with E-state index in [4.69, 9.17) is 23.5 Å². The molecule has 0 unspecified atom stereocenters. The van der Waals surface area contributed by atoms with Crippen LogP contribution in [0.1, 0.15) is 75.2 Å². The Bertz CT molecular complexity index is 2850. The normalized spacial score (nSPS) is 14.4. The summed E-state index contributed by atoms with van der Waals surface area (Å²) in [5.74, 6) is 1.60. The van der Waals surface area contributed by atoms with Gasteiger partial charge in [0, 0.05) is 43.8 Å². The molecule has 0 N–H and O–H groups in total. The second kappa shape index (κ2) is 10.5. The molecule has 2 aliphatic heterocycles. The van der Waals surface area contributed by atoms with Gasteiger partial charge >= 0.3 is 0 Å². The third-order valence-electron chi connectivity index (χ3n) is 11.6. The summed E-state index contributed by atoms with van der Waals surface area (Å²) in [5, 5.41) is 4.15. The Labute approximate surface area is 313 Å². The summed E-state index contributed by atoms with van der Waals surface area (Å²) in [6.45, 7) is 13.6. The minimum atomic E-state index is -0.930. The number of rotatable bonds is 0. The Kier molecular flexibility index (Phi) is 6.08. The van der Waals surface area contributed by atoms with E-state index in [0.29, 0.717) is 0 Å². The van der Waals surface area contributed by atoms with Gasteiger partial charge in [-0.15, -0.1) is 0 Å². The van der Waals surface area contributed by atoms with Gasteiger partial charge in [-0.05, 0) is 119 Å². The molecule has 11 rings (SSSR count). The van der Waals surface area contributed by atoms with Crippen molar-refractivity contribution < 1.29 is 13.6 Å². The van der Waals surface area contributed by atoms with Gasteiger partial charge < -0.3 is 13.6 Å². The molecular weight excluding hydrogens is 665 g/mol. The van der Waals surface area contributed by atoms with E-state index >= 15 is 0 Å². The van der Waals surface area contributed by atoms with E-state index < -0.39 is 5.41 Å². The van der Waals surface area contributed by atoms with Crippen LogP contribution in [0.2, 0.25) is 0 Å². The molecule has 6 heterocycles. The van der Waals surface area contributed by atoms with E-state index in [9.17, 15) is 0 Å². The Morgan fingerprint density at radius 2 is 0.907 bits per heavy atom. The summed E-state index contributed by atoms with van der Waals surface area (Å²) in [5.41, 5.74) is 12.1. The van der Waals surface area contributed by atoms with Gasteiger partial charge in [-0.3, -0.25) is 9.97 Å². The SMILES string of the molecule is CC(C)(C)c1ccc2c(c1)C1(c3cccc(n3)-c3ccc4oc5ccc6oc7ccc(cc7c6c5c4c3)-c3cccc1n3)c1cc(C(C)(C)C)ccc1O2. The smallest absolute Gasteiger partial charge is 0.136 e. The highest BCUT2D eigenvalue weighted by molar-refractivity contribution is 6.26. The largest absolute Gasteiger partial charge is 0.457 e. The van der Waals surface area contributed by atoms with Crippen molar-refractivity contribution in [2.75, 3.05) is 0 Å². The number of hydrogen-bond donors (Lipinski definition) is 0. The molecule has 4 aromatic heterocycles. The predicted molar refractivity (Wildman–Crippen MR) is 217 cm³/mol. The zero-order valence-corrected chi connectivity index (χ0v) is 31.2. The van der Waals surface area contributed by atoms with Crippen LogP contribution in [0.4, 0.5) is 0 Å². The highest BCUT2D eigenvalue weighted by atomic mass is 16.5. The molecule has 0 fully saturated rings. The van der Waals surface area contributed by atoms with Crippen molar-refractivity contribution in [1.82, 2.24) is 9.97 Å². The number of fused-ring (bicyclic) bond motifs is 14. The minimum absolute atomic E-state index is 0.111. The Morgan fingerprint density at radius 1 is 0.463 bits per heavy atom. The predicted octanol–water partition coefficient (Wildman–Crippen LogP) is 13.0. The first-order chi connectivity index (χ1) is 26.0. The molecule has 5 heteroatoms. The first kappa shape index (κ1) is 31.3. The van der Waals surface area contributed by atoms with E-state index in [0.717, 1.165) is 100 Å². The van der Waals surface area contributed by atoms with E-state index in [1.807, 2.05) is 12.1 Å². The van der Waals surface area contributed by atoms with Crippen LogP contribution in [0.5, 0.6) is 11.5 Å². The highest BCUT2D eigenvalue weighted by Gasteiger charge is 2.49. The fourth-order valence-corrected chi connectivity index (χ4v) is 8.77. The van der Waals surface area contributed by atoms with Crippen molar-refractivity contribution in [2.24, 2.45) is 0 Å². The summed E-state index contributed by atoms with van der Waals surface area (Å²) in [6, 6.07) is 43.0. The van der Waals surface area contributed by atoms with E-state index in [1.54, 1.807) is 0 Å². The minimum Gasteiger partial charge on any atom is -0.457 e. The first-order valence-corrected chi connectivity index (χ1v) is 18.7. The van der Waals surface area contributed by atoms with Gasteiger partial charge in [0.25, 0.3) is 0 Å². The van der Waals surface area contributed by atoms with Crippen molar-refractivity contribution in [2.45, 2.75) is 57.8 Å². The molecule has 0 atom stereocenters. The third kappa shape index (κ3) is 4.27. The summed E-state index contributed by atoms with van der Waals surface area (Å²) in [4.78, 5) is 11.3. The van der Waals surface area contributed by atoms with E-state index in [1.165, 1.54) is 11.1 Å². The van der Waals surface area contributed by atoms with Gasteiger partial charge in [-0.2, -0.15) is 0 Å². The average Bonchev–Trinajstić information content (AvgIpc) is 3.73. The maximum Gasteiger partial charge on any atom is 0.136 e. The molecule has 8 bridgehead atoms. The average molecular weight is 703 g/mol. The lowest BCUT2D eigenvalue weighted by atomic mass is 9.65. The lowest BCUT2D eigenvalue weighted by molar-refractivity contribution is 0.426. The van der Waals surface area contributed by atoms with Crippen molar-refractivity contribution in [3.63, 3.8) is 0 Å². The fourth-order valence-electron chi connectivity index (χ4n) is 8.77. The molecule has 5 aromatic carbocycles. The third-order valence-corrected chi connectivity index (χ3v) is 11.6. The molecule has 0 aliphatic carbocycles. The molecule has 0 saturated carbocycles. The van der Waals surface area contributed by atoms with Gasteiger partial charge in [-0.1, -0.05) is 65.8 Å². The maximum absolute atomic E-state index is 6.87. The van der Waals surface area contributed by atoms with Crippen molar-refractivity contribution in [3.8, 4) is 34.0 Å². The fraction of sp³-hybridized carbons (Fsp3) is 0.184. The second-order valence-corrected chi connectivity index (χ2v) is 17.0. The first-order valence-electron chi connectivity index (χ1n) is 18.7. The molecule has 0 saturated heterocycles. The van der Waals surface area contributed by atoms with Crippen molar-refractivity contribution >= 4 is 43.9 Å². The quantitative estimate of drug-likeness (QED) is 0.157. The zero-order valence-electron chi connectivity index (χ0n) is 31.2. The van der Waals surface area contributed by atoms with Gasteiger partial charge in [0.2, 0.25) is 0 Å². The summed E-state index contributed by atoms with van der Waals surface area (Å²) < 4.78 is 19.8. The standard InChI is InChI=1S/C49H38N2O3/c1-47(2,3)29-15-19-39-33(25-29)49(34-26-30(48(4,5)6)16-20-40(34)54-39)43-11-7-9-35(50-43)27-13-17-37-31(23-27)45-41(52-37)21-22-42-46(45)32-24-28(14-18-38(32)53-42)36-10-8-12-44(49)51-36/h7-26H,1-6H3. The van der Waals surface area contributed by atoms with Gasteiger partial charge in [-0.25, -0.2) is 0 Å². The van der Waals surface area contributed by atoms with Crippen LogP contribution in [-0.4, -0.2) is 9.97 Å². The molecule has 5 nitrogen and oxygen atoms in total. The number of aromatic nitrogens is 2. The maximum atomic E-state index is 6.87. The Morgan fingerprint density at radius 3 is 1.35 bits per heavy atom. The molecule has 1 spiro atoms. The Hall–Kier alpha value is -6.20. The van der Waals surface area contributed by atoms with Gasteiger partial charge in [0.15, 0.2) is 0 Å². The van der Waals surface area contributed by atoms with E-state index in [-0.39, 0.29) is 10.8 Å². The Balaban J connectivity index is 1.34. The molecule has 0 amide bonds. The monoisotopic (exact) mass is 702 g/mol. The number of hydrogen-bond acceptors (Lipinski definition) is 5. The second-order valence-electron chi connectivity index (χ2n) is 17.0. The molecule has 2 aliphatic rings. The molecule has 9 aromatic rings. The summed E-state index contributed by atoms with van der Waals surface area (Å²) in [6.07, 6.45) is 0. The zero-order chi connectivity index (χ0) is 36.7. The number of benzene rings is 5. The van der Waals surface area contributed by atoms with Crippen molar-refractivity contribution in [3.05, 3.63) is 155 Å². The topological polar surface area (TPSA) is 61.3 Å². The van der Waals surface area contributed by atoms with Crippen LogP contribution in [0, 0.1) is 0 Å². The van der Waals surface area contributed by atoms with Gasteiger partial charge in [0.1, 0.15) is 39.2 Å². The van der Waals surface area contributed by atoms with Crippen LogP contribution in [0.3, 0.4) is 0 Å².